The lowest BCUT2D eigenvalue weighted by Crippen LogP contribution is -2.12. The zero-order valence-electron chi connectivity index (χ0n) is 12.6. The number of ether oxygens (including phenoxy) is 1. The summed E-state index contributed by atoms with van der Waals surface area (Å²) in [7, 11) is 0. The molecular weight excluding hydrogens is 268 g/mol. The van der Waals surface area contributed by atoms with Gasteiger partial charge < -0.3 is 4.74 Å². The first-order chi connectivity index (χ1) is 10.1. The maximum atomic E-state index is 11.9. The van der Waals surface area contributed by atoms with Crippen LogP contribution in [0.1, 0.15) is 35.6 Å². The minimum atomic E-state index is -0.408. The van der Waals surface area contributed by atoms with Crippen LogP contribution in [0.25, 0.3) is 0 Å². The summed E-state index contributed by atoms with van der Waals surface area (Å²) in [5.41, 5.74) is 2.14. The Morgan fingerprint density at radius 3 is 2.90 bits per heavy atom. The van der Waals surface area contributed by atoms with Crippen molar-refractivity contribution in [1.82, 2.24) is 20.0 Å². The average molecular weight is 288 g/mol. The van der Waals surface area contributed by atoms with E-state index in [1.807, 2.05) is 39.1 Å². The fraction of sp³-hybridized carbons (Fsp3) is 0.467. The molecule has 0 saturated carbocycles. The van der Waals surface area contributed by atoms with E-state index in [-0.39, 0.29) is 0 Å². The predicted octanol–water partition coefficient (Wildman–Crippen LogP) is 2.04. The molecule has 0 fully saturated rings. The Balaban J connectivity index is 1.98. The second kappa shape index (κ2) is 6.97. The second-order valence-corrected chi connectivity index (χ2v) is 5.35. The van der Waals surface area contributed by atoms with Gasteiger partial charge in [-0.15, -0.1) is 5.10 Å². The topological polar surface area (TPSA) is 69.9 Å². The van der Waals surface area contributed by atoms with Gasteiger partial charge in [-0.1, -0.05) is 25.1 Å². The predicted molar refractivity (Wildman–Crippen MR) is 77.8 cm³/mol. The van der Waals surface area contributed by atoms with Crippen LogP contribution in [0.2, 0.25) is 0 Å². The molecule has 2 aromatic heterocycles. The first-order valence-corrected chi connectivity index (χ1v) is 7.04. The number of pyridine rings is 1. The third-order valence-electron chi connectivity index (χ3n) is 3.06. The molecule has 0 N–H and O–H groups in total. The molecule has 6 heteroatoms. The van der Waals surface area contributed by atoms with Gasteiger partial charge in [0.1, 0.15) is 0 Å². The monoisotopic (exact) mass is 288 g/mol. The first-order valence-electron chi connectivity index (χ1n) is 7.04. The van der Waals surface area contributed by atoms with Crippen LogP contribution in [0.4, 0.5) is 0 Å². The van der Waals surface area contributed by atoms with Crippen molar-refractivity contribution in [3.8, 4) is 0 Å². The Morgan fingerprint density at radius 2 is 2.24 bits per heavy atom. The molecule has 6 nitrogen and oxygen atoms in total. The molecule has 0 saturated heterocycles. The summed E-state index contributed by atoms with van der Waals surface area (Å²) in [6.45, 7) is 6.85. The number of carbonyl (C=O) groups excluding carboxylic acids is 1. The van der Waals surface area contributed by atoms with Gasteiger partial charge in [0, 0.05) is 18.9 Å². The smallest absolute Gasteiger partial charge is 0.360 e. The standard InChI is InChI=1S/C15H20N4O2/c1-11(2)10-21-15(20)14-12(3)19(18-17-14)8-6-13-5-4-7-16-9-13/h4-5,7,9,11H,6,8,10H2,1-3H3. The van der Waals surface area contributed by atoms with Crippen LogP contribution in [0.3, 0.4) is 0 Å². The molecule has 2 rings (SSSR count). The van der Waals surface area contributed by atoms with Crippen LogP contribution in [0.15, 0.2) is 24.5 Å². The van der Waals surface area contributed by atoms with E-state index < -0.39 is 5.97 Å². The highest BCUT2D eigenvalue weighted by atomic mass is 16.5. The third-order valence-corrected chi connectivity index (χ3v) is 3.06. The minimum Gasteiger partial charge on any atom is -0.461 e. The summed E-state index contributed by atoms with van der Waals surface area (Å²) in [6, 6.07) is 3.91. The number of rotatable bonds is 6. The van der Waals surface area contributed by atoms with Gasteiger partial charge in [0.05, 0.1) is 12.3 Å². The van der Waals surface area contributed by atoms with Crippen molar-refractivity contribution >= 4 is 5.97 Å². The molecule has 0 amide bonds. The van der Waals surface area contributed by atoms with Gasteiger partial charge >= 0.3 is 5.97 Å². The van der Waals surface area contributed by atoms with Crippen molar-refractivity contribution in [3.63, 3.8) is 0 Å². The van der Waals surface area contributed by atoms with Gasteiger partial charge in [-0.05, 0) is 30.9 Å². The molecule has 0 unspecified atom stereocenters. The normalized spacial score (nSPS) is 10.9. The maximum Gasteiger partial charge on any atom is 0.360 e. The van der Waals surface area contributed by atoms with Gasteiger partial charge in [-0.2, -0.15) is 0 Å². The molecule has 21 heavy (non-hydrogen) atoms. The van der Waals surface area contributed by atoms with Crippen molar-refractivity contribution < 1.29 is 9.53 Å². The maximum absolute atomic E-state index is 11.9. The zero-order valence-corrected chi connectivity index (χ0v) is 12.6. The summed E-state index contributed by atoms with van der Waals surface area (Å²) in [5.74, 6) is -0.108. The molecule has 0 spiro atoms. The number of aromatic nitrogens is 4. The second-order valence-electron chi connectivity index (χ2n) is 5.35. The SMILES string of the molecule is Cc1c(C(=O)OCC(C)C)nnn1CCc1cccnc1. The number of esters is 1. The van der Waals surface area contributed by atoms with Crippen molar-refractivity contribution in [3.05, 3.63) is 41.5 Å². The molecule has 2 heterocycles. The van der Waals surface area contributed by atoms with E-state index in [1.54, 1.807) is 10.9 Å². The fourth-order valence-electron chi connectivity index (χ4n) is 1.85. The molecule has 0 bridgehead atoms. The molecule has 2 aromatic rings. The number of nitrogens with zero attached hydrogens (tertiary/aromatic N) is 4. The highest BCUT2D eigenvalue weighted by Gasteiger charge is 2.18. The van der Waals surface area contributed by atoms with Crippen molar-refractivity contribution in [2.75, 3.05) is 6.61 Å². The Hall–Kier alpha value is -2.24. The summed E-state index contributed by atoms with van der Waals surface area (Å²) in [6.07, 6.45) is 4.36. The molecule has 0 aliphatic rings. The molecule has 112 valence electrons. The van der Waals surface area contributed by atoms with E-state index in [1.165, 1.54) is 0 Å². The Labute approximate surface area is 124 Å². The van der Waals surface area contributed by atoms with Gasteiger partial charge in [-0.25, -0.2) is 9.48 Å². The molecule has 0 atom stereocenters. The van der Waals surface area contributed by atoms with Crippen LogP contribution in [-0.2, 0) is 17.7 Å². The van der Waals surface area contributed by atoms with Gasteiger partial charge in [-0.3, -0.25) is 4.98 Å². The number of aryl methyl sites for hydroxylation is 2. The molecule has 0 aliphatic heterocycles. The van der Waals surface area contributed by atoms with E-state index in [9.17, 15) is 4.79 Å². The highest BCUT2D eigenvalue weighted by Crippen LogP contribution is 2.08. The van der Waals surface area contributed by atoms with E-state index in [0.717, 1.165) is 17.7 Å². The lowest BCUT2D eigenvalue weighted by molar-refractivity contribution is 0.0451. The minimum absolute atomic E-state index is 0.293. The van der Waals surface area contributed by atoms with Gasteiger partial charge in [0.2, 0.25) is 0 Å². The van der Waals surface area contributed by atoms with Gasteiger partial charge in [0.25, 0.3) is 0 Å². The lowest BCUT2D eigenvalue weighted by atomic mass is 10.2. The lowest BCUT2D eigenvalue weighted by Gasteiger charge is -2.06. The Bertz CT molecular complexity index is 593. The largest absolute Gasteiger partial charge is 0.461 e. The Morgan fingerprint density at radius 1 is 1.43 bits per heavy atom. The zero-order chi connectivity index (χ0) is 15.2. The van der Waals surface area contributed by atoms with Crippen molar-refractivity contribution in [2.24, 2.45) is 5.92 Å². The summed E-state index contributed by atoms with van der Waals surface area (Å²) < 4.78 is 6.90. The van der Waals surface area contributed by atoms with E-state index >= 15 is 0 Å². The van der Waals surface area contributed by atoms with Crippen LogP contribution in [0, 0.1) is 12.8 Å². The molecule has 0 radical (unpaired) electrons. The molecular formula is C15H20N4O2. The highest BCUT2D eigenvalue weighted by molar-refractivity contribution is 5.88. The van der Waals surface area contributed by atoms with Crippen LogP contribution in [0.5, 0.6) is 0 Å². The number of hydrogen-bond donors (Lipinski definition) is 0. The quantitative estimate of drug-likeness (QED) is 0.761. The average Bonchev–Trinajstić information content (AvgIpc) is 2.85. The fourth-order valence-corrected chi connectivity index (χ4v) is 1.85. The van der Waals surface area contributed by atoms with E-state index in [0.29, 0.717) is 24.8 Å². The summed E-state index contributed by atoms with van der Waals surface area (Å²) in [4.78, 5) is 16.0. The summed E-state index contributed by atoms with van der Waals surface area (Å²) >= 11 is 0. The van der Waals surface area contributed by atoms with Crippen LogP contribution < -0.4 is 0 Å². The van der Waals surface area contributed by atoms with Crippen molar-refractivity contribution in [1.29, 1.82) is 0 Å². The number of hydrogen-bond acceptors (Lipinski definition) is 5. The van der Waals surface area contributed by atoms with E-state index in [2.05, 4.69) is 15.3 Å². The summed E-state index contributed by atoms with van der Waals surface area (Å²) in [5, 5.41) is 7.95. The van der Waals surface area contributed by atoms with E-state index in [4.69, 9.17) is 4.74 Å². The van der Waals surface area contributed by atoms with Crippen molar-refractivity contribution in [2.45, 2.75) is 33.7 Å². The Kier molecular flexibility index (Phi) is 5.03. The number of carbonyl (C=O) groups is 1. The molecule has 0 aromatic carbocycles. The van der Waals surface area contributed by atoms with Crippen LogP contribution in [-0.4, -0.2) is 32.6 Å². The molecule has 0 aliphatic carbocycles. The third kappa shape index (κ3) is 4.11. The van der Waals surface area contributed by atoms with Gasteiger partial charge in [0.15, 0.2) is 5.69 Å². The van der Waals surface area contributed by atoms with Crippen LogP contribution >= 0.6 is 0 Å². The first kappa shape index (κ1) is 15.2.